The summed E-state index contributed by atoms with van der Waals surface area (Å²) in [7, 11) is 3.53. The number of methoxy groups -OCH3 is 1. The van der Waals surface area contributed by atoms with Crippen molar-refractivity contribution in [3.63, 3.8) is 0 Å². The summed E-state index contributed by atoms with van der Waals surface area (Å²) in [6, 6.07) is 11.2. The van der Waals surface area contributed by atoms with Gasteiger partial charge in [-0.2, -0.15) is 0 Å². The first-order valence-electron chi connectivity index (χ1n) is 7.80. The van der Waals surface area contributed by atoms with Gasteiger partial charge >= 0.3 is 0 Å². The lowest BCUT2D eigenvalue weighted by Crippen LogP contribution is -2.29. The van der Waals surface area contributed by atoms with Crippen LogP contribution in [0.2, 0.25) is 0 Å². The van der Waals surface area contributed by atoms with Crippen LogP contribution in [-0.4, -0.2) is 22.6 Å². The molecule has 0 fully saturated rings. The Labute approximate surface area is 150 Å². The molecule has 0 saturated carbocycles. The predicted octanol–water partition coefficient (Wildman–Crippen LogP) is 3.41. The molecule has 0 radical (unpaired) electrons. The Morgan fingerprint density at radius 3 is 2.92 bits per heavy atom. The molecule has 0 spiro atoms. The molecule has 0 aliphatic carbocycles. The lowest BCUT2D eigenvalue weighted by atomic mass is 10.1. The summed E-state index contributed by atoms with van der Waals surface area (Å²) in [5.41, 5.74) is 0.909. The second-order valence-electron chi connectivity index (χ2n) is 5.46. The number of hydrogen-bond donors (Lipinski definition) is 1. The largest absolute Gasteiger partial charge is 0.497 e. The average Bonchev–Trinajstić information content (AvgIpc) is 3.29. The van der Waals surface area contributed by atoms with Crippen LogP contribution in [0.15, 0.2) is 60.2 Å². The van der Waals surface area contributed by atoms with Gasteiger partial charge < -0.3 is 14.6 Å². The highest BCUT2D eigenvalue weighted by Crippen LogP contribution is 2.24. The molecule has 1 aromatic carbocycles. The molecule has 5 nitrogen and oxygen atoms in total. The fourth-order valence-electron chi connectivity index (χ4n) is 2.51. The van der Waals surface area contributed by atoms with E-state index < -0.39 is 0 Å². The van der Waals surface area contributed by atoms with Crippen molar-refractivity contribution in [2.75, 3.05) is 7.11 Å². The Morgan fingerprint density at radius 1 is 1.36 bits per heavy atom. The van der Waals surface area contributed by atoms with Gasteiger partial charge in [0.1, 0.15) is 17.6 Å². The summed E-state index contributed by atoms with van der Waals surface area (Å²) in [5, 5.41) is 5.01. The minimum absolute atomic E-state index is 0.177. The van der Waals surface area contributed by atoms with Crippen molar-refractivity contribution in [2.45, 2.75) is 6.04 Å². The number of carbonyl (C=O) groups is 1. The monoisotopic (exact) mass is 353 g/mol. The van der Waals surface area contributed by atoms with Gasteiger partial charge in [-0.1, -0.05) is 18.2 Å². The van der Waals surface area contributed by atoms with Gasteiger partial charge in [-0.05, 0) is 35.2 Å². The molecule has 0 aliphatic heterocycles. The zero-order valence-corrected chi connectivity index (χ0v) is 14.9. The fraction of sp³-hybridized carbons (Fsp3) is 0.158. The number of ether oxygens (including phenoxy) is 1. The summed E-state index contributed by atoms with van der Waals surface area (Å²) < 4.78 is 7.20. The first-order valence-corrected chi connectivity index (χ1v) is 8.68. The summed E-state index contributed by atoms with van der Waals surface area (Å²) in [5.74, 6) is 1.32. The van der Waals surface area contributed by atoms with E-state index in [-0.39, 0.29) is 11.9 Å². The third-order valence-electron chi connectivity index (χ3n) is 3.77. The molecule has 3 aromatic rings. The highest BCUT2D eigenvalue weighted by Gasteiger charge is 2.20. The molecular weight excluding hydrogens is 334 g/mol. The highest BCUT2D eigenvalue weighted by atomic mass is 32.1. The van der Waals surface area contributed by atoms with Crippen LogP contribution in [0.25, 0.3) is 6.08 Å². The lowest BCUT2D eigenvalue weighted by Gasteiger charge is -2.19. The smallest absolute Gasteiger partial charge is 0.244 e. The second kappa shape index (κ2) is 7.81. The van der Waals surface area contributed by atoms with Gasteiger partial charge in [-0.15, -0.1) is 11.3 Å². The molecule has 25 heavy (non-hydrogen) atoms. The van der Waals surface area contributed by atoms with E-state index in [1.165, 1.54) is 0 Å². The van der Waals surface area contributed by atoms with Crippen LogP contribution in [0, 0.1) is 0 Å². The standard InChI is InChI=1S/C19H19N3O2S/c1-22-11-10-20-19(22)18(14-5-3-6-15(13-14)24-2)21-17(23)9-8-16-7-4-12-25-16/h3-13,18H,1-2H3,(H,21,23)/b9-8+. The number of aromatic nitrogens is 2. The maximum atomic E-state index is 12.4. The summed E-state index contributed by atoms with van der Waals surface area (Å²) >= 11 is 1.59. The van der Waals surface area contributed by atoms with Gasteiger partial charge in [0.05, 0.1) is 7.11 Å². The van der Waals surface area contributed by atoms with Crippen molar-refractivity contribution in [1.82, 2.24) is 14.9 Å². The second-order valence-corrected chi connectivity index (χ2v) is 6.44. The van der Waals surface area contributed by atoms with Crippen LogP contribution in [-0.2, 0) is 11.8 Å². The summed E-state index contributed by atoms with van der Waals surface area (Å²) in [4.78, 5) is 17.9. The van der Waals surface area contributed by atoms with Crippen molar-refractivity contribution in [3.05, 3.63) is 76.5 Å². The van der Waals surface area contributed by atoms with Gasteiger partial charge in [-0.3, -0.25) is 4.79 Å². The Morgan fingerprint density at radius 2 is 2.24 bits per heavy atom. The number of hydrogen-bond acceptors (Lipinski definition) is 4. The van der Waals surface area contributed by atoms with Crippen LogP contribution >= 0.6 is 11.3 Å². The number of nitrogens with one attached hydrogen (secondary N) is 1. The molecule has 0 saturated heterocycles. The Balaban J connectivity index is 1.86. The first-order chi connectivity index (χ1) is 12.2. The number of benzene rings is 1. The SMILES string of the molecule is COc1cccc(C(NC(=O)/C=C/c2cccs2)c2nccn2C)c1. The summed E-state index contributed by atoms with van der Waals surface area (Å²) in [6.45, 7) is 0. The number of imidazole rings is 1. The van der Waals surface area contributed by atoms with E-state index in [2.05, 4.69) is 10.3 Å². The summed E-state index contributed by atoms with van der Waals surface area (Å²) in [6.07, 6.45) is 6.93. The van der Waals surface area contributed by atoms with E-state index in [0.717, 1.165) is 22.0 Å². The van der Waals surface area contributed by atoms with E-state index in [0.29, 0.717) is 0 Å². The third-order valence-corrected chi connectivity index (χ3v) is 4.61. The number of amides is 1. The molecule has 2 heterocycles. The average molecular weight is 353 g/mol. The molecule has 3 rings (SSSR count). The number of nitrogens with zero attached hydrogens (tertiary/aromatic N) is 2. The van der Waals surface area contributed by atoms with E-state index in [1.54, 1.807) is 36.8 Å². The maximum absolute atomic E-state index is 12.4. The Kier molecular flexibility index (Phi) is 5.30. The Hall–Kier alpha value is -2.86. The Bertz CT molecular complexity index is 868. The minimum atomic E-state index is -0.365. The number of aryl methyl sites for hydroxylation is 1. The molecule has 2 aromatic heterocycles. The fourth-order valence-corrected chi connectivity index (χ4v) is 3.13. The molecule has 1 N–H and O–H groups in total. The molecule has 128 valence electrons. The number of rotatable bonds is 6. The van der Waals surface area contributed by atoms with Crippen molar-refractivity contribution >= 4 is 23.3 Å². The highest BCUT2D eigenvalue weighted by molar-refractivity contribution is 7.10. The third kappa shape index (κ3) is 4.16. The maximum Gasteiger partial charge on any atom is 0.244 e. The number of carbonyl (C=O) groups excluding carboxylic acids is 1. The molecule has 6 heteroatoms. The van der Waals surface area contributed by atoms with E-state index in [4.69, 9.17) is 4.74 Å². The van der Waals surface area contributed by atoms with Crippen molar-refractivity contribution in [1.29, 1.82) is 0 Å². The van der Waals surface area contributed by atoms with Gasteiger partial charge in [-0.25, -0.2) is 4.98 Å². The zero-order chi connectivity index (χ0) is 17.6. The molecular formula is C19H19N3O2S. The van der Waals surface area contributed by atoms with Crippen LogP contribution in [0.4, 0.5) is 0 Å². The molecule has 1 unspecified atom stereocenters. The van der Waals surface area contributed by atoms with Crippen molar-refractivity contribution in [3.8, 4) is 5.75 Å². The van der Waals surface area contributed by atoms with Gasteiger partial charge in [0, 0.05) is 30.4 Å². The van der Waals surface area contributed by atoms with Gasteiger partial charge in [0.15, 0.2) is 0 Å². The van der Waals surface area contributed by atoms with E-state index in [9.17, 15) is 4.79 Å². The van der Waals surface area contributed by atoms with Crippen molar-refractivity contribution < 1.29 is 9.53 Å². The normalized spacial score (nSPS) is 12.2. The molecule has 0 aliphatic rings. The quantitative estimate of drug-likeness (QED) is 0.691. The van der Waals surface area contributed by atoms with Crippen LogP contribution in [0.5, 0.6) is 5.75 Å². The molecule has 1 amide bonds. The van der Waals surface area contributed by atoms with Crippen molar-refractivity contribution in [2.24, 2.45) is 7.05 Å². The van der Waals surface area contributed by atoms with Crippen LogP contribution in [0.1, 0.15) is 22.3 Å². The van der Waals surface area contributed by atoms with E-state index in [1.807, 2.05) is 59.6 Å². The van der Waals surface area contributed by atoms with Gasteiger partial charge in [0.2, 0.25) is 5.91 Å². The molecule has 1 atom stereocenters. The first kappa shape index (κ1) is 17.0. The number of thiophene rings is 1. The lowest BCUT2D eigenvalue weighted by molar-refractivity contribution is -0.117. The van der Waals surface area contributed by atoms with E-state index >= 15 is 0 Å². The minimum Gasteiger partial charge on any atom is -0.497 e. The topological polar surface area (TPSA) is 56.1 Å². The predicted molar refractivity (Wildman–Crippen MR) is 99.5 cm³/mol. The molecule has 0 bridgehead atoms. The van der Waals surface area contributed by atoms with Crippen LogP contribution in [0.3, 0.4) is 0 Å². The zero-order valence-electron chi connectivity index (χ0n) is 14.0. The van der Waals surface area contributed by atoms with Crippen LogP contribution < -0.4 is 10.1 Å². The van der Waals surface area contributed by atoms with Gasteiger partial charge in [0.25, 0.3) is 0 Å².